The van der Waals surface area contributed by atoms with Gasteiger partial charge in [-0.25, -0.2) is 9.18 Å². The molecule has 0 fully saturated rings. The average Bonchev–Trinajstić information content (AvgIpc) is 2.44. The third kappa shape index (κ3) is 8.25. The highest BCUT2D eigenvalue weighted by Crippen LogP contribution is 2.30. The van der Waals surface area contributed by atoms with Gasteiger partial charge in [0, 0.05) is 12.1 Å². The van der Waals surface area contributed by atoms with Gasteiger partial charge in [-0.05, 0) is 62.9 Å². The molecule has 0 atom stereocenters. The molecule has 0 aliphatic heterocycles. The Morgan fingerprint density at radius 3 is 2.40 bits per heavy atom. The molecule has 1 N–H and O–H groups in total. The first-order valence-electron chi connectivity index (χ1n) is 7.52. The van der Waals surface area contributed by atoms with Crippen molar-refractivity contribution in [1.82, 2.24) is 5.32 Å². The Labute approximate surface area is 149 Å². The van der Waals surface area contributed by atoms with Gasteiger partial charge in [0.2, 0.25) is 0 Å². The monoisotopic (exact) mass is 381 g/mol. The Morgan fingerprint density at radius 2 is 1.88 bits per heavy atom. The summed E-state index contributed by atoms with van der Waals surface area (Å²) in [6, 6.07) is 2.39. The predicted molar refractivity (Wildman–Crippen MR) is 87.9 cm³/mol. The summed E-state index contributed by atoms with van der Waals surface area (Å²) in [7, 11) is 0. The summed E-state index contributed by atoms with van der Waals surface area (Å²) < 4.78 is 56.5. The molecule has 1 aromatic carbocycles. The number of carbonyl (C=O) groups excluding carboxylic acids is 1. The maximum Gasteiger partial charge on any atom is 0.416 e. The maximum atomic E-state index is 13.4. The molecule has 1 rings (SSSR count). The van der Waals surface area contributed by atoms with Gasteiger partial charge in [0.05, 0.1) is 5.56 Å². The number of amides is 1. The first-order valence-corrected chi connectivity index (χ1v) is 7.96. The maximum absolute atomic E-state index is 13.4. The fourth-order valence-electron chi connectivity index (χ4n) is 1.94. The molecule has 0 aliphatic rings. The van der Waals surface area contributed by atoms with Crippen molar-refractivity contribution in [3.8, 4) is 0 Å². The van der Waals surface area contributed by atoms with Crippen LogP contribution < -0.4 is 5.32 Å². The zero-order valence-corrected chi connectivity index (χ0v) is 14.9. The second kappa shape index (κ2) is 8.56. The summed E-state index contributed by atoms with van der Waals surface area (Å²) in [4.78, 5) is 11.6. The van der Waals surface area contributed by atoms with Gasteiger partial charge in [0.15, 0.2) is 0 Å². The van der Waals surface area contributed by atoms with E-state index in [1.807, 2.05) is 0 Å². The highest BCUT2D eigenvalue weighted by atomic mass is 35.5. The van der Waals surface area contributed by atoms with Crippen molar-refractivity contribution in [3.63, 3.8) is 0 Å². The van der Waals surface area contributed by atoms with Crippen LogP contribution in [-0.2, 0) is 17.3 Å². The molecule has 0 radical (unpaired) electrons. The standard InChI is InChI=1S/C17H20ClF4NO2/c1-16(2,3)25-15(24)23-10-12(9-18)5-4-11-6-13(17(20,21)22)8-14(19)7-11/h6-9H,4-5,10H2,1-3H3,(H,23,24)/b12-9+. The van der Waals surface area contributed by atoms with Crippen LogP contribution in [0.4, 0.5) is 22.4 Å². The van der Waals surface area contributed by atoms with Crippen LogP contribution in [-0.4, -0.2) is 18.2 Å². The van der Waals surface area contributed by atoms with Crippen LogP contribution in [0.25, 0.3) is 0 Å². The van der Waals surface area contributed by atoms with E-state index in [-0.39, 0.29) is 24.9 Å². The molecule has 0 saturated heterocycles. The molecule has 0 aromatic heterocycles. The number of ether oxygens (including phenoxy) is 1. The van der Waals surface area contributed by atoms with Crippen molar-refractivity contribution >= 4 is 17.7 Å². The minimum Gasteiger partial charge on any atom is -0.444 e. The predicted octanol–water partition coefficient (Wildman–Crippen LogP) is 5.42. The molecule has 8 heteroatoms. The topological polar surface area (TPSA) is 38.3 Å². The lowest BCUT2D eigenvalue weighted by molar-refractivity contribution is -0.137. The highest BCUT2D eigenvalue weighted by Gasteiger charge is 2.31. The van der Waals surface area contributed by atoms with Crippen LogP contribution in [0.2, 0.25) is 0 Å². The van der Waals surface area contributed by atoms with E-state index >= 15 is 0 Å². The van der Waals surface area contributed by atoms with E-state index < -0.39 is 29.3 Å². The molecular formula is C17H20ClF4NO2. The van der Waals surface area contributed by atoms with E-state index in [1.165, 1.54) is 5.54 Å². The molecule has 25 heavy (non-hydrogen) atoms. The number of halogens is 5. The first kappa shape index (κ1) is 21.3. The Morgan fingerprint density at radius 1 is 1.24 bits per heavy atom. The zero-order valence-electron chi connectivity index (χ0n) is 14.1. The molecule has 1 amide bonds. The number of alkyl halides is 3. The second-order valence-electron chi connectivity index (χ2n) is 6.47. The smallest absolute Gasteiger partial charge is 0.416 e. The van der Waals surface area contributed by atoms with Crippen molar-refractivity contribution < 1.29 is 27.1 Å². The molecule has 140 valence electrons. The van der Waals surface area contributed by atoms with E-state index in [4.69, 9.17) is 16.3 Å². The summed E-state index contributed by atoms with van der Waals surface area (Å²) in [6.45, 7) is 5.23. The Kier molecular flexibility index (Phi) is 7.29. The van der Waals surface area contributed by atoms with Gasteiger partial charge in [-0.1, -0.05) is 11.6 Å². The van der Waals surface area contributed by atoms with Crippen LogP contribution in [0.5, 0.6) is 0 Å². The van der Waals surface area contributed by atoms with Crippen LogP contribution in [0.1, 0.15) is 38.3 Å². The third-order valence-corrected chi connectivity index (χ3v) is 3.34. The van der Waals surface area contributed by atoms with Crippen molar-refractivity contribution in [3.05, 3.63) is 46.3 Å². The number of hydrogen-bond acceptors (Lipinski definition) is 2. The molecular weight excluding hydrogens is 362 g/mol. The fourth-order valence-corrected chi connectivity index (χ4v) is 2.13. The van der Waals surface area contributed by atoms with Gasteiger partial charge in [0.1, 0.15) is 11.4 Å². The summed E-state index contributed by atoms with van der Waals surface area (Å²) >= 11 is 5.68. The van der Waals surface area contributed by atoms with E-state index in [1.54, 1.807) is 20.8 Å². The van der Waals surface area contributed by atoms with Crippen LogP contribution in [0.15, 0.2) is 29.3 Å². The number of benzene rings is 1. The number of carbonyl (C=O) groups is 1. The molecule has 0 saturated carbocycles. The highest BCUT2D eigenvalue weighted by molar-refractivity contribution is 6.25. The minimum absolute atomic E-state index is 0.0832. The van der Waals surface area contributed by atoms with Gasteiger partial charge >= 0.3 is 12.3 Å². The number of hydrogen-bond donors (Lipinski definition) is 1. The summed E-state index contributed by atoms with van der Waals surface area (Å²) in [5, 5.41) is 2.51. The van der Waals surface area contributed by atoms with Crippen molar-refractivity contribution in [2.24, 2.45) is 0 Å². The number of rotatable bonds is 5. The molecule has 1 aromatic rings. The van der Waals surface area contributed by atoms with Gasteiger partial charge in [0.25, 0.3) is 0 Å². The van der Waals surface area contributed by atoms with Gasteiger partial charge in [-0.2, -0.15) is 13.2 Å². The normalized spacial score (nSPS) is 12.9. The largest absolute Gasteiger partial charge is 0.444 e. The molecule has 0 heterocycles. The minimum atomic E-state index is -4.61. The van der Waals surface area contributed by atoms with Crippen LogP contribution >= 0.6 is 11.6 Å². The van der Waals surface area contributed by atoms with Crippen molar-refractivity contribution in [2.75, 3.05) is 6.54 Å². The second-order valence-corrected chi connectivity index (χ2v) is 6.69. The Hall–Kier alpha value is -1.76. The van der Waals surface area contributed by atoms with Gasteiger partial charge < -0.3 is 10.1 Å². The lowest BCUT2D eigenvalue weighted by Gasteiger charge is -2.20. The molecule has 0 spiro atoms. The van der Waals surface area contributed by atoms with E-state index in [9.17, 15) is 22.4 Å². The molecule has 0 unspecified atom stereocenters. The fraction of sp³-hybridized carbons (Fsp3) is 0.471. The Bertz CT molecular complexity index is 637. The number of nitrogens with one attached hydrogen (secondary N) is 1. The van der Waals surface area contributed by atoms with E-state index in [0.717, 1.165) is 12.1 Å². The number of alkyl carbamates (subject to hydrolysis) is 1. The summed E-state index contributed by atoms with van der Waals surface area (Å²) in [5.41, 5.74) is 0.322. The SMILES string of the molecule is CC(C)(C)OC(=O)NC/C(=C/Cl)CCc1cc(F)cc(C(F)(F)F)c1. The van der Waals surface area contributed by atoms with Crippen molar-refractivity contribution in [2.45, 2.75) is 45.4 Å². The Balaban J connectivity index is 2.64. The van der Waals surface area contributed by atoms with E-state index in [0.29, 0.717) is 11.6 Å². The van der Waals surface area contributed by atoms with Gasteiger partial charge in [-0.3, -0.25) is 0 Å². The van der Waals surface area contributed by atoms with Gasteiger partial charge in [-0.15, -0.1) is 0 Å². The summed E-state index contributed by atoms with van der Waals surface area (Å²) in [6.07, 6.45) is -4.83. The zero-order chi connectivity index (χ0) is 19.3. The number of aryl methyl sites for hydroxylation is 1. The van der Waals surface area contributed by atoms with Crippen molar-refractivity contribution in [1.29, 1.82) is 0 Å². The van der Waals surface area contributed by atoms with E-state index in [2.05, 4.69) is 5.32 Å². The molecule has 0 bridgehead atoms. The van der Waals surface area contributed by atoms with Crippen LogP contribution in [0, 0.1) is 5.82 Å². The lowest BCUT2D eigenvalue weighted by Crippen LogP contribution is -2.33. The van der Waals surface area contributed by atoms with Crippen LogP contribution in [0.3, 0.4) is 0 Å². The first-order chi connectivity index (χ1) is 11.4. The average molecular weight is 382 g/mol. The molecule has 0 aliphatic carbocycles. The third-order valence-electron chi connectivity index (χ3n) is 3.03. The quantitative estimate of drug-likeness (QED) is 0.691. The lowest BCUT2D eigenvalue weighted by atomic mass is 10.0. The molecule has 3 nitrogen and oxygen atoms in total. The summed E-state index contributed by atoms with van der Waals surface area (Å²) in [5.74, 6) is -0.951.